The average molecular weight is 833 g/mol. The summed E-state index contributed by atoms with van der Waals surface area (Å²) in [5.41, 5.74) is 3.01. The third kappa shape index (κ3) is 9.76. The number of aryl methyl sites for hydroxylation is 1. The van der Waals surface area contributed by atoms with Crippen molar-refractivity contribution in [3.8, 4) is 0 Å². The van der Waals surface area contributed by atoms with E-state index in [0.29, 0.717) is 15.6 Å². The van der Waals surface area contributed by atoms with E-state index in [0.717, 1.165) is 86.8 Å². The lowest BCUT2D eigenvalue weighted by Gasteiger charge is -2.27. The van der Waals surface area contributed by atoms with Gasteiger partial charge in [0.2, 0.25) is 11.8 Å². The van der Waals surface area contributed by atoms with Crippen molar-refractivity contribution in [3.05, 3.63) is 91.8 Å². The Balaban J connectivity index is 0.910. The standard InChI is InChI=1S/C38H40F3IN4O6/c39-28-16-15-26(34(33(28)41)43-30-17-13-24(42)22-29(30)40)35(48)45-52-20-10-8-6-4-2-1-3-5-7-9-11-23-12-14-25-27(21-23)38(51)46(37(25)50)31-18-19-32(47)44-36(31)49/h12-17,21-22,31,43H,1-11,18-20H2,(H,45,48)(H,44,47,49). The number of benzene rings is 3. The number of carbonyl (C=O) groups excluding carboxylic acids is 5. The van der Waals surface area contributed by atoms with E-state index in [2.05, 4.69) is 16.1 Å². The summed E-state index contributed by atoms with van der Waals surface area (Å²) in [5, 5.41) is 4.70. The van der Waals surface area contributed by atoms with Gasteiger partial charge < -0.3 is 5.32 Å². The van der Waals surface area contributed by atoms with Crippen molar-refractivity contribution in [1.82, 2.24) is 15.7 Å². The molecule has 3 N–H and O–H groups in total. The van der Waals surface area contributed by atoms with Crippen LogP contribution in [0.1, 0.15) is 114 Å². The third-order valence-corrected chi connectivity index (χ3v) is 9.83. The van der Waals surface area contributed by atoms with Gasteiger partial charge in [0.25, 0.3) is 17.7 Å². The summed E-state index contributed by atoms with van der Waals surface area (Å²) >= 11 is 1.92. The molecule has 1 fully saturated rings. The molecule has 0 spiro atoms. The molecule has 2 aliphatic heterocycles. The minimum atomic E-state index is -1.30. The van der Waals surface area contributed by atoms with Gasteiger partial charge in [-0.15, -0.1) is 0 Å². The molecule has 0 radical (unpaired) electrons. The van der Waals surface area contributed by atoms with Gasteiger partial charge in [-0.3, -0.25) is 39.0 Å². The number of fused-ring (bicyclic) bond motifs is 1. The van der Waals surface area contributed by atoms with E-state index in [1.807, 2.05) is 28.7 Å². The minimum Gasteiger partial charge on any atom is -0.350 e. The first-order valence-electron chi connectivity index (χ1n) is 17.5. The number of anilines is 2. The molecule has 14 heteroatoms. The van der Waals surface area contributed by atoms with Crippen molar-refractivity contribution in [2.75, 3.05) is 11.9 Å². The molecule has 0 saturated carbocycles. The van der Waals surface area contributed by atoms with Crippen LogP contribution in [0.15, 0.2) is 48.5 Å². The van der Waals surface area contributed by atoms with E-state index in [4.69, 9.17) is 4.84 Å². The molecule has 0 bridgehead atoms. The second kappa shape index (κ2) is 18.4. The van der Waals surface area contributed by atoms with Crippen LogP contribution in [0.25, 0.3) is 0 Å². The van der Waals surface area contributed by atoms with E-state index in [1.54, 1.807) is 18.2 Å². The molecule has 2 heterocycles. The minimum absolute atomic E-state index is 0.0854. The predicted octanol–water partition coefficient (Wildman–Crippen LogP) is 7.66. The number of halogens is 4. The highest BCUT2D eigenvalue weighted by atomic mass is 127. The Morgan fingerprint density at radius 1 is 0.808 bits per heavy atom. The van der Waals surface area contributed by atoms with Crippen molar-refractivity contribution in [2.45, 2.75) is 89.5 Å². The van der Waals surface area contributed by atoms with Crippen LogP contribution in [0, 0.1) is 21.0 Å². The van der Waals surface area contributed by atoms with Gasteiger partial charge in [-0.05, 0) is 96.3 Å². The van der Waals surface area contributed by atoms with Gasteiger partial charge in [0, 0.05) is 9.99 Å². The summed E-state index contributed by atoms with van der Waals surface area (Å²) in [6.45, 7) is 0.247. The van der Waals surface area contributed by atoms with Crippen LogP contribution in [0.3, 0.4) is 0 Å². The number of piperidine rings is 1. The summed E-state index contributed by atoms with van der Waals surface area (Å²) < 4.78 is 43.5. The Kier molecular flexibility index (Phi) is 13.8. The molecule has 5 rings (SSSR count). The summed E-state index contributed by atoms with van der Waals surface area (Å²) in [6.07, 6.45) is 11.1. The third-order valence-electron chi connectivity index (χ3n) is 9.16. The lowest BCUT2D eigenvalue weighted by atomic mass is 10.0. The first-order chi connectivity index (χ1) is 25.0. The van der Waals surface area contributed by atoms with Crippen LogP contribution in [-0.4, -0.2) is 47.1 Å². The fourth-order valence-electron chi connectivity index (χ4n) is 6.35. The summed E-state index contributed by atoms with van der Waals surface area (Å²) in [7, 11) is 0. The zero-order valence-electron chi connectivity index (χ0n) is 28.5. The number of hydrogen-bond acceptors (Lipinski definition) is 7. The Labute approximate surface area is 313 Å². The largest absolute Gasteiger partial charge is 0.350 e. The fraction of sp³-hybridized carbons (Fsp3) is 0.395. The Morgan fingerprint density at radius 3 is 2.17 bits per heavy atom. The number of rotatable bonds is 18. The summed E-state index contributed by atoms with van der Waals surface area (Å²) in [5.74, 6) is -5.96. The number of nitrogens with zero attached hydrogens (tertiary/aromatic N) is 1. The molecule has 2 aliphatic rings. The molecule has 1 saturated heterocycles. The molecular formula is C38H40F3IN4O6. The maximum Gasteiger partial charge on any atom is 0.277 e. The zero-order valence-corrected chi connectivity index (χ0v) is 30.7. The Morgan fingerprint density at radius 2 is 1.48 bits per heavy atom. The van der Waals surface area contributed by atoms with Gasteiger partial charge in [-0.25, -0.2) is 18.7 Å². The topological polar surface area (TPSA) is 134 Å². The second-order valence-electron chi connectivity index (χ2n) is 12.9. The Hall–Kier alpha value is -4.31. The maximum atomic E-state index is 14.6. The first kappa shape index (κ1) is 38.9. The molecule has 3 aromatic rings. The van der Waals surface area contributed by atoms with Crippen LogP contribution < -0.4 is 16.1 Å². The Bertz CT molecular complexity index is 1840. The van der Waals surface area contributed by atoms with Crippen LogP contribution in [0.2, 0.25) is 0 Å². The van der Waals surface area contributed by atoms with Gasteiger partial charge in [0.15, 0.2) is 11.6 Å². The molecule has 276 valence electrons. The van der Waals surface area contributed by atoms with Crippen molar-refractivity contribution >= 4 is 63.5 Å². The van der Waals surface area contributed by atoms with E-state index in [1.165, 1.54) is 12.1 Å². The van der Waals surface area contributed by atoms with E-state index in [-0.39, 0.29) is 36.3 Å². The fourth-order valence-corrected chi connectivity index (χ4v) is 6.80. The zero-order chi connectivity index (χ0) is 37.2. The first-order valence-corrected chi connectivity index (χ1v) is 18.6. The number of imide groups is 2. The van der Waals surface area contributed by atoms with Gasteiger partial charge in [-0.1, -0.05) is 57.4 Å². The smallest absolute Gasteiger partial charge is 0.277 e. The van der Waals surface area contributed by atoms with Gasteiger partial charge in [-0.2, -0.15) is 0 Å². The number of nitrogens with one attached hydrogen (secondary N) is 3. The van der Waals surface area contributed by atoms with E-state index in [9.17, 15) is 37.1 Å². The normalized spacial score (nSPS) is 15.5. The number of hydrogen-bond donors (Lipinski definition) is 3. The van der Waals surface area contributed by atoms with Gasteiger partial charge in [0.05, 0.1) is 34.7 Å². The van der Waals surface area contributed by atoms with Crippen LogP contribution >= 0.6 is 22.6 Å². The van der Waals surface area contributed by atoms with E-state index < -0.39 is 58.7 Å². The molecule has 1 atom stereocenters. The summed E-state index contributed by atoms with van der Waals surface area (Å²) in [6, 6.07) is 10.4. The highest BCUT2D eigenvalue weighted by Gasteiger charge is 2.44. The number of amides is 5. The molecular weight excluding hydrogens is 792 g/mol. The molecule has 0 aromatic heterocycles. The molecule has 0 aliphatic carbocycles. The highest BCUT2D eigenvalue weighted by molar-refractivity contribution is 14.1. The van der Waals surface area contributed by atoms with Crippen molar-refractivity contribution in [2.24, 2.45) is 0 Å². The SMILES string of the molecule is O=C1CCC(N2C(=O)c3ccc(CCCCCCCCCCCCONC(=O)c4ccc(F)c(F)c4Nc4ccc(I)cc4F)cc3C2=O)C(=O)N1. The highest BCUT2D eigenvalue weighted by Crippen LogP contribution is 2.30. The second-order valence-corrected chi connectivity index (χ2v) is 14.2. The van der Waals surface area contributed by atoms with Gasteiger partial charge in [0.1, 0.15) is 11.9 Å². The summed E-state index contributed by atoms with van der Waals surface area (Å²) in [4.78, 5) is 68.6. The van der Waals surface area contributed by atoms with Crippen LogP contribution in [0.4, 0.5) is 24.5 Å². The lowest BCUT2D eigenvalue weighted by molar-refractivity contribution is -0.136. The molecule has 3 aromatic carbocycles. The lowest BCUT2D eigenvalue weighted by Crippen LogP contribution is -2.54. The average Bonchev–Trinajstić information content (AvgIpc) is 3.36. The monoisotopic (exact) mass is 832 g/mol. The molecule has 1 unspecified atom stereocenters. The number of unbranched alkanes of at least 4 members (excludes halogenated alkanes) is 9. The van der Waals surface area contributed by atoms with Crippen molar-refractivity contribution < 1.29 is 42.0 Å². The number of carbonyl (C=O) groups is 5. The van der Waals surface area contributed by atoms with E-state index >= 15 is 0 Å². The molecule has 52 heavy (non-hydrogen) atoms. The van der Waals surface area contributed by atoms with Crippen LogP contribution in [-0.2, 0) is 20.8 Å². The van der Waals surface area contributed by atoms with Gasteiger partial charge >= 0.3 is 0 Å². The van der Waals surface area contributed by atoms with Crippen molar-refractivity contribution in [3.63, 3.8) is 0 Å². The predicted molar refractivity (Wildman–Crippen MR) is 195 cm³/mol. The molecule has 10 nitrogen and oxygen atoms in total. The van der Waals surface area contributed by atoms with Crippen LogP contribution in [0.5, 0.6) is 0 Å². The quantitative estimate of drug-likeness (QED) is 0.0519. The molecule has 5 amide bonds. The number of hydroxylamine groups is 1. The maximum absolute atomic E-state index is 14.6. The van der Waals surface area contributed by atoms with Crippen molar-refractivity contribution in [1.29, 1.82) is 0 Å².